The van der Waals surface area contributed by atoms with Crippen LogP contribution < -0.4 is 4.74 Å². The van der Waals surface area contributed by atoms with Crippen LogP contribution in [0.3, 0.4) is 0 Å². The summed E-state index contributed by atoms with van der Waals surface area (Å²) in [6.45, 7) is 2.40. The molecule has 0 amide bonds. The van der Waals surface area contributed by atoms with E-state index in [4.69, 9.17) is 10.3 Å². The standard InChI is InChI=1S/C12H13N3O/c1-10-6-7-11(12(9-10)16-2)5-3-4-8-14-15-13/h6-7,9H,4,8H2,1-2H3. The largest absolute Gasteiger partial charge is 0.495 e. The molecule has 0 N–H and O–H groups in total. The third-order valence-electron chi connectivity index (χ3n) is 1.98. The number of methoxy groups -OCH3 is 1. The molecule has 82 valence electrons. The second-order valence-electron chi connectivity index (χ2n) is 3.21. The number of azide groups is 1. The minimum Gasteiger partial charge on any atom is -0.495 e. The zero-order valence-corrected chi connectivity index (χ0v) is 9.40. The molecule has 0 aliphatic carbocycles. The molecule has 4 heteroatoms. The van der Waals surface area contributed by atoms with Crippen LogP contribution in [-0.2, 0) is 0 Å². The third kappa shape index (κ3) is 3.56. The van der Waals surface area contributed by atoms with Gasteiger partial charge in [0, 0.05) is 17.9 Å². The first-order valence-electron chi connectivity index (χ1n) is 4.92. The van der Waals surface area contributed by atoms with Crippen LogP contribution in [0.2, 0.25) is 0 Å². The van der Waals surface area contributed by atoms with Crippen LogP contribution in [0.25, 0.3) is 10.4 Å². The van der Waals surface area contributed by atoms with Crippen molar-refractivity contribution in [2.75, 3.05) is 13.7 Å². The summed E-state index contributed by atoms with van der Waals surface area (Å²) in [4.78, 5) is 2.66. The summed E-state index contributed by atoms with van der Waals surface area (Å²) in [5, 5.41) is 3.41. The van der Waals surface area contributed by atoms with Gasteiger partial charge in [0.05, 0.1) is 12.7 Å². The van der Waals surface area contributed by atoms with Gasteiger partial charge in [-0.2, -0.15) is 0 Å². The zero-order chi connectivity index (χ0) is 11.8. The minimum absolute atomic E-state index is 0.400. The average molecular weight is 215 g/mol. The normalized spacial score (nSPS) is 8.62. The lowest BCUT2D eigenvalue weighted by atomic mass is 10.1. The SMILES string of the molecule is COc1cc(C)ccc1C#CCCN=[N+]=[N-]. The number of rotatable bonds is 3. The molecule has 0 saturated heterocycles. The highest BCUT2D eigenvalue weighted by Gasteiger charge is 1.98. The van der Waals surface area contributed by atoms with Crippen molar-refractivity contribution >= 4 is 0 Å². The molecule has 0 saturated carbocycles. The van der Waals surface area contributed by atoms with Crippen molar-refractivity contribution in [2.24, 2.45) is 5.11 Å². The quantitative estimate of drug-likeness (QED) is 0.251. The zero-order valence-electron chi connectivity index (χ0n) is 9.40. The maximum absolute atomic E-state index is 8.09. The van der Waals surface area contributed by atoms with Gasteiger partial charge in [0.15, 0.2) is 0 Å². The fourth-order valence-electron chi connectivity index (χ4n) is 1.21. The van der Waals surface area contributed by atoms with E-state index in [1.54, 1.807) is 7.11 Å². The van der Waals surface area contributed by atoms with Crippen molar-refractivity contribution in [3.63, 3.8) is 0 Å². The lowest BCUT2D eigenvalue weighted by molar-refractivity contribution is 0.413. The van der Waals surface area contributed by atoms with Gasteiger partial charge in [-0.05, 0) is 30.2 Å². The maximum atomic E-state index is 8.09. The molecule has 0 atom stereocenters. The number of hydrogen-bond donors (Lipinski definition) is 0. The number of aryl methyl sites for hydroxylation is 1. The predicted octanol–water partition coefficient (Wildman–Crippen LogP) is 3.06. The van der Waals surface area contributed by atoms with Gasteiger partial charge in [-0.15, -0.1) is 0 Å². The summed E-state index contributed by atoms with van der Waals surface area (Å²) >= 11 is 0. The Kier molecular flexibility index (Phi) is 4.78. The van der Waals surface area contributed by atoms with Crippen LogP contribution in [0.1, 0.15) is 17.5 Å². The van der Waals surface area contributed by atoms with Gasteiger partial charge in [0.2, 0.25) is 0 Å². The van der Waals surface area contributed by atoms with Crippen LogP contribution in [0, 0.1) is 18.8 Å². The molecule has 0 spiro atoms. The van der Waals surface area contributed by atoms with Crippen molar-refractivity contribution in [1.29, 1.82) is 0 Å². The molecule has 0 aliphatic heterocycles. The van der Waals surface area contributed by atoms with Crippen LogP contribution in [0.4, 0.5) is 0 Å². The highest BCUT2D eigenvalue weighted by molar-refractivity contribution is 5.47. The molecule has 16 heavy (non-hydrogen) atoms. The van der Waals surface area contributed by atoms with Crippen molar-refractivity contribution in [1.82, 2.24) is 0 Å². The second-order valence-corrected chi connectivity index (χ2v) is 3.21. The number of ether oxygens (including phenoxy) is 1. The first kappa shape index (κ1) is 12.0. The fourth-order valence-corrected chi connectivity index (χ4v) is 1.21. The summed E-state index contributed by atoms with van der Waals surface area (Å²) in [6, 6.07) is 5.85. The van der Waals surface area contributed by atoms with Crippen LogP contribution in [-0.4, -0.2) is 13.7 Å². The van der Waals surface area contributed by atoms with E-state index < -0.39 is 0 Å². The summed E-state index contributed by atoms with van der Waals surface area (Å²) in [6.07, 6.45) is 0.557. The monoisotopic (exact) mass is 215 g/mol. The molecule has 0 heterocycles. The van der Waals surface area contributed by atoms with E-state index in [1.807, 2.05) is 25.1 Å². The Bertz CT molecular complexity index is 465. The van der Waals surface area contributed by atoms with Gasteiger partial charge in [0.1, 0.15) is 5.75 Å². The molecule has 0 bridgehead atoms. The number of hydrogen-bond acceptors (Lipinski definition) is 2. The Hall–Kier alpha value is -2.11. The van der Waals surface area contributed by atoms with E-state index >= 15 is 0 Å². The molecule has 4 nitrogen and oxygen atoms in total. The van der Waals surface area contributed by atoms with Gasteiger partial charge in [-0.25, -0.2) is 0 Å². The number of benzene rings is 1. The molecule has 1 aromatic carbocycles. The summed E-state index contributed by atoms with van der Waals surface area (Å²) < 4.78 is 5.22. The molecule has 0 aromatic heterocycles. The number of nitrogens with zero attached hydrogens (tertiary/aromatic N) is 3. The smallest absolute Gasteiger partial charge is 0.134 e. The van der Waals surface area contributed by atoms with Crippen molar-refractivity contribution < 1.29 is 4.74 Å². The molecular weight excluding hydrogens is 202 g/mol. The van der Waals surface area contributed by atoms with Gasteiger partial charge >= 0.3 is 0 Å². The van der Waals surface area contributed by atoms with Gasteiger partial charge in [-0.1, -0.05) is 23.0 Å². The summed E-state index contributed by atoms with van der Waals surface area (Å²) in [5.74, 6) is 6.70. The first-order valence-corrected chi connectivity index (χ1v) is 4.92. The van der Waals surface area contributed by atoms with Crippen molar-refractivity contribution in [3.05, 3.63) is 39.8 Å². The van der Waals surface area contributed by atoms with Gasteiger partial charge in [-0.3, -0.25) is 0 Å². The molecule has 1 rings (SSSR count). The van der Waals surface area contributed by atoms with Crippen molar-refractivity contribution in [3.8, 4) is 17.6 Å². The second kappa shape index (κ2) is 6.39. The average Bonchev–Trinajstić information content (AvgIpc) is 2.30. The van der Waals surface area contributed by atoms with E-state index in [0.29, 0.717) is 13.0 Å². The van der Waals surface area contributed by atoms with E-state index in [0.717, 1.165) is 16.9 Å². The van der Waals surface area contributed by atoms with Gasteiger partial charge < -0.3 is 4.74 Å². The Morgan fingerprint density at radius 2 is 2.31 bits per heavy atom. The molecule has 1 aromatic rings. The van der Waals surface area contributed by atoms with Crippen LogP contribution in [0.5, 0.6) is 5.75 Å². The van der Waals surface area contributed by atoms with Crippen LogP contribution >= 0.6 is 0 Å². The minimum atomic E-state index is 0.400. The summed E-state index contributed by atoms with van der Waals surface area (Å²) in [7, 11) is 1.62. The molecule has 0 fully saturated rings. The molecule has 0 radical (unpaired) electrons. The third-order valence-corrected chi connectivity index (χ3v) is 1.98. The van der Waals surface area contributed by atoms with Gasteiger partial charge in [0.25, 0.3) is 0 Å². The molecule has 0 unspecified atom stereocenters. The Morgan fingerprint density at radius 3 is 3.00 bits per heavy atom. The molecule has 0 aliphatic rings. The fraction of sp³-hybridized carbons (Fsp3) is 0.333. The van der Waals surface area contributed by atoms with E-state index in [9.17, 15) is 0 Å². The highest BCUT2D eigenvalue weighted by Crippen LogP contribution is 2.18. The maximum Gasteiger partial charge on any atom is 0.134 e. The first-order chi connectivity index (χ1) is 7.77. The Balaban J connectivity index is 2.75. The topological polar surface area (TPSA) is 58.0 Å². The van der Waals surface area contributed by atoms with E-state index in [-0.39, 0.29) is 0 Å². The lowest BCUT2D eigenvalue weighted by Gasteiger charge is -2.03. The predicted molar refractivity (Wildman–Crippen MR) is 63.2 cm³/mol. The van der Waals surface area contributed by atoms with E-state index in [2.05, 4.69) is 21.9 Å². The van der Waals surface area contributed by atoms with Crippen LogP contribution in [0.15, 0.2) is 23.3 Å². The Labute approximate surface area is 94.9 Å². The lowest BCUT2D eigenvalue weighted by Crippen LogP contribution is -1.88. The molecular formula is C12H13N3O. The van der Waals surface area contributed by atoms with Crippen molar-refractivity contribution in [2.45, 2.75) is 13.3 Å². The van der Waals surface area contributed by atoms with E-state index in [1.165, 1.54) is 0 Å². The summed E-state index contributed by atoms with van der Waals surface area (Å²) in [5.41, 5.74) is 10.1. The highest BCUT2D eigenvalue weighted by atomic mass is 16.5. The Morgan fingerprint density at radius 1 is 1.50 bits per heavy atom.